The van der Waals surface area contributed by atoms with Crippen LogP contribution in [-0.2, 0) is 0 Å². The van der Waals surface area contributed by atoms with Crippen molar-refractivity contribution in [3.05, 3.63) is 32.5 Å². The van der Waals surface area contributed by atoms with E-state index in [1.807, 2.05) is 0 Å². The van der Waals surface area contributed by atoms with E-state index >= 15 is 0 Å². The van der Waals surface area contributed by atoms with Crippen LogP contribution in [0, 0.1) is 10.1 Å². The zero-order chi connectivity index (χ0) is 11.6. The summed E-state index contributed by atoms with van der Waals surface area (Å²) in [6, 6.07) is 0.737. The summed E-state index contributed by atoms with van der Waals surface area (Å²) in [7, 11) is 0. The molecule has 0 bridgehead atoms. The van der Waals surface area contributed by atoms with Crippen LogP contribution >= 0.6 is 11.6 Å². The fraction of sp³-hybridized carbons (Fsp3) is 0.143. The molecule has 1 rings (SSSR count). The van der Waals surface area contributed by atoms with Crippen LogP contribution in [0.4, 0.5) is 14.6 Å². The number of nitrogens with zero attached hydrogens (tertiary/aromatic N) is 2. The molecule has 0 radical (unpaired) electrons. The molecular formula is C7H3ClF2N2O3. The van der Waals surface area contributed by atoms with Crippen LogP contribution in [0.5, 0.6) is 0 Å². The Kier molecular flexibility index (Phi) is 3.25. The van der Waals surface area contributed by atoms with Crippen LogP contribution in [0.3, 0.4) is 0 Å². The van der Waals surface area contributed by atoms with Gasteiger partial charge in [0.2, 0.25) is 5.69 Å². The first-order valence-corrected chi connectivity index (χ1v) is 3.93. The number of hydrogen-bond donors (Lipinski definition) is 0. The average Bonchev–Trinajstić information content (AvgIpc) is 2.17. The predicted molar refractivity (Wildman–Crippen MR) is 46.2 cm³/mol. The number of rotatable bonds is 3. The normalized spacial score (nSPS) is 10.4. The van der Waals surface area contributed by atoms with E-state index < -0.39 is 27.9 Å². The minimum Gasteiger partial charge on any atom is -0.358 e. The minimum atomic E-state index is -3.07. The minimum absolute atomic E-state index is 0.156. The van der Waals surface area contributed by atoms with Crippen molar-refractivity contribution in [1.29, 1.82) is 0 Å². The van der Waals surface area contributed by atoms with Gasteiger partial charge in [0, 0.05) is 11.6 Å². The summed E-state index contributed by atoms with van der Waals surface area (Å²) < 4.78 is 24.6. The Balaban J connectivity index is 3.45. The number of halogens is 3. The van der Waals surface area contributed by atoms with Crippen LogP contribution in [0.25, 0.3) is 0 Å². The van der Waals surface area contributed by atoms with Crippen molar-refractivity contribution < 1.29 is 18.5 Å². The molecule has 0 unspecified atom stereocenters. The molecule has 15 heavy (non-hydrogen) atoms. The van der Waals surface area contributed by atoms with Gasteiger partial charge in [-0.25, -0.2) is 8.78 Å². The average molecular weight is 237 g/mol. The molecule has 0 saturated heterocycles. The molecule has 0 aliphatic rings. The second kappa shape index (κ2) is 4.26. The fourth-order valence-electron chi connectivity index (χ4n) is 0.879. The summed E-state index contributed by atoms with van der Waals surface area (Å²) in [6.07, 6.45) is -2.92. The van der Waals surface area contributed by atoms with Gasteiger partial charge in [-0.2, -0.15) is 0 Å². The molecule has 0 atom stereocenters. The molecule has 0 aliphatic heterocycles. The van der Waals surface area contributed by atoms with E-state index in [9.17, 15) is 23.7 Å². The maximum absolute atomic E-state index is 12.3. The number of carbonyl (C=O) groups excluding carboxylic acids is 1. The zero-order valence-electron chi connectivity index (χ0n) is 6.99. The van der Waals surface area contributed by atoms with Crippen molar-refractivity contribution in [3.63, 3.8) is 0 Å². The summed E-state index contributed by atoms with van der Waals surface area (Å²) >= 11 is 5.38. The van der Waals surface area contributed by atoms with Crippen LogP contribution in [0.2, 0.25) is 5.02 Å². The quantitative estimate of drug-likeness (QED) is 0.459. The van der Waals surface area contributed by atoms with Gasteiger partial charge >= 0.3 is 12.2 Å². The number of alkyl halides is 2. The van der Waals surface area contributed by atoms with Crippen molar-refractivity contribution in [3.8, 4) is 0 Å². The first-order chi connectivity index (χ1) is 6.97. The fourth-order valence-corrected chi connectivity index (χ4v) is 1.10. The molecule has 1 aromatic heterocycles. The van der Waals surface area contributed by atoms with Crippen LogP contribution < -0.4 is 0 Å². The van der Waals surface area contributed by atoms with Gasteiger partial charge in [0.25, 0.3) is 0 Å². The lowest BCUT2D eigenvalue weighted by atomic mass is 10.2. The third-order valence-corrected chi connectivity index (χ3v) is 1.93. The molecule has 1 aromatic rings. The molecular weight excluding hydrogens is 234 g/mol. The van der Waals surface area contributed by atoms with E-state index in [4.69, 9.17) is 11.6 Å². The highest BCUT2D eigenvalue weighted by Crippen LogP contribution is 2.29. The summed E-state index contributed by atoms with van der Waals surface area (Å²) in [5, 5.41) is 9.73. The number of aldehydes is 1. The Bertz CT molecular complexity index is 425. The maximum Gasteiger partial charge on any atom is 0.364 e. The summed E-state index contributed by atoms with van der Waals surface area (Å²) in [5.41, 5.74) is -1.35. The maximum atomic E-state index is 12.3. The van der Waals surface area contributed by atoms with Gasteiger partial charge in [-0.3, -0.25) is 4.79 Å². The van der Waals surface area contributed by atoms with E-state index in [0.29, 0.717) is 0 Å². The van der Waals surface area contributed by atoms with E-state index in [2.05, 4.69) is 4.98 Å². The topological polar surface area (TPSA) is 73.1 Å². The predicted octanol–water partition coefficient (Wildman–Crippen LogP) is 2.39. The Morgan fingerprint density at radius 2 is 2.20 bits per heavy atom. The van der Waals surface area contributed by atoms with E-state index in [-0.39, 0.29) is 11.8 Å². The Hall–Kier alpha value is -1.63. The lowest BCUT2D eigenvalue weighted by molar-refractivity contribution is -0.389. The number of pyridine rings is 1. The van der Waals surface area contributed by atoms with Gasteiger partial charge in [-0.1, -0.05) is 11.6 Å². The van der Waals surface area contributed by atoms with Gasteiger partial charge in [0.05, 0.1) is 0 Å². The van der Waals surface area contributed by atoms with Gasteiger partial charge in [-0.15, -0.1) is 0 Å². The number of nitro groups is 1. The molecule has 0 spiro atoms. The highest BCUT2D eigenvalue weighted by atomic mass is 35.5. The second-order valence-corrected chi connectivity index (χ2v) is 2.82. The van der Waals surface area contributed by atoms with Crippen molar-refractivity contribution in [2.24, 2.45) is 0 Å². The molecule has 0 aliphatic carbocycles. The van der Waals surface area contributed by atoms with Crippen molar-refractivity contribution in [2.45, 2.75) is 6.43 Å². The molecule has 0 fully saturated rings. The van der Waals surface area contributed by atoms with Crippen LogP contribution in [0.1, 0.15) is 22.5 Å². The molecule has 0 amide bonds. The smallest absolute Gasteiger partial charge is 0.358 e. The highest BCUT2D eigenvalue weighted by Gasteiger charge is 2.25. The molecule has 0 aromatic carbocycles. The number of hydrogen-bond acceptors (Lipinski definition) is 4. The molecule has 8 heteroatoms. The Morgan fingerprint density at radius 1 is 1.60 bits per heavy atom. The summed E-state index contributed by atoms with van der Waals surface area (Å²) in [4.78, 5) is 22.8. The molecule has 5 nitrogen and oxygen atoms in total. The zero-order valence-corrected chi connectivity index (χ0v) is 7.74. The van der Waals surface area contributed by atoms with Gasteiger partial charge in [-0.05, 0) is 9.91 Å². The van der Waals surface area contributed by atoms with Crippen LogP contribution in [0.15, 0.2) is 6.07 Å². The lowest BCUT2D eigenvalue weighted by Gasteiger charge is -2.00. The van der Waals surface area contributed by atoms with Gasteiger partial charge in [0.1, 0.15) is 5.02 Å². The molecule has 0 saturated carbocycles. The molecule has 0 N–H and O–H groups in total. The lowest BCUT2D eigenvalue weighted by Crippen LogP contribution is -2.01. The number of aromatic nitrogens is 1. The van der Waals surface area contributed by atoms with Crippen LogP contribution in [-0.4, -0.2) is 16.2 Å². The monoisotopic (exact) mass is 236 g/mol. The van der Waals surface area contributed by atoms with E-state index in [1.165, 1.54) is 0 Å². The van der Waals surface area contributed by atoms with Gasteiger partial charge in [0.15, 0.2) is 6.29 Å². The second-order valence-electron chi connectivity index (χ2n) is 2.44. The largest absolute Gasteiger partial charge is 0.364 e. The Labute approximate surface area is 86.8 Å². The highest BCUT2D eigenvalue weighted by molar-refractivity contribution is 6.33. The summed E-state index contributed by atoms with van der Waals surface area (Å²) in [6.45, 7) is 0. The standard InChI is InChI=1S/C7H3ClF2N2O3/c8-5-3(2-13)1-4(12(14)15)11-6(5)7(9)10/h1-2,7H. The van der Waals surface area contributed by atoms with Crippen molar-refractivity contribution in [2.75, 3.05) is 0 Å². The molecule has 80 valence electrons. The van der Waals surface area contributed by atoms with Gasteiger partial charge < -0.3 is 10.1 Å². The number of carbonyl (C=O) groups is 1. The summed E-state index contributed by atoms with van der Waals surface area (Å²) in [5.74, 6) is -0.836. The van der Waals surface area contributed by atoms with Crippen molar-refractivity contribution in [1.82, 2.24) is 4.98 Å². The van der Waals surface area contributed by atoms with Crippen molar-refractivity contribution >= 4 is 23.7 Å². The van der Waals surface area contributed by atoms with E-state index in [0.717, 1.165) is 6.07 Å². The third-order valence-electron chi connectivity index (χ3n) is 1.52. The third kappa shape index (κ3) is 2.24. The SMILES string of the molecule is O=Cc1cc([N+](=O)[O-])nc(C(F)F)c1Cl. The molecule has 1 heterocycles. The first kappa shape index (κ1) is 11.4. The first-order valence-electron chi connectivity index (χ1n) is 3.55. The Morgan fingerprint density at radius 3 is 2.60 bits per heavy atom. The van der Waals surface area contributed by atoms with E-state index in [1.54, 1.807) is 0 Å².